The van der Waals surface area contributed by atoms with Gasteiger partial charge >= 0.3 is 6.09 Å². The highest BCUT2D eigenvalue weighted by Gasteiger charge is 2.37. The van der Waals surface area contributed by atoms with E-state index in [1.165, 1.54) is 14.0 Å². The fraction of sp³-hybridized carbons (Fsp3) is 0.455. The van der Waals surface area contributed by atoms with Gasteiger partial charge in [0.1, 0.15) is 5.82 Å². The third kappa shape index (κ3) is 5.24. The first-order valence-electron chi connectivity index (χ1n) is 10.5. The molecule has 172 valence electrons. The van der Waals surface area contributed by atoms with Crippen LogP contribution in [0.2, 0.25) is 10.0 Å². The van der Waals surface area contributed by atoms with Crippen molar-refractivity contribution < 1.29 is 14.3 Å². The molecule has 1 aromatic heterocycles. The summed E-state index contributed by atoms with van der Waals surface area (Å²) in [7, 11) is 1.34. The van der Waals surface area contributed by atoms with Crippen LogP contribution in [0.4, 0.5) is 10.6 Å². The van der Waals surface area contributed by atoms with Crippen LogP contribution in [0.1, 0.15) is 32.2 Å². The number of aromatic nitrogens is 2. The largest absolute Gasteiger partial charge is 0.453 e. The SMILES string of the molecule is CCc1nc(-c2ccc(Cl)cc2Cl)c(CC)nc1NC1CN(C(=O)OC)CC1NC(C)=O. The maximum Gasteiger partial charge on any atom is 0.409 e. The van der Waals surface area contributed by atoms with Gasteiger partial charge in [0.05, 0.1) is 41.3 Å². The summed E-state index contributed by atoms with van der Waals surface area (Å²) in [5, 5.41) is 7.39. The zero-order valence-electron chi connectivity index (χ0n) is 18.5. The van der Waals surface area contributed by atoms with Crippen molar-refractivity contribution in [3.8, 4) is 11.3 Å². The highest BCUT2D eigenvalue weighted by atomic mass is 35.5. The highest BCUT2D eigenvalue weighted by Crippen LogP contribution is 2.33. The average Bonchev–Trinajstić information content (AvgIpc) is 3.14. The number of anilines is 1. The van der Waals surface area contributed by atoms with Crippen molar-refractivity contribution in [2.45, 2.75) is 45.7 Å². The molecule has 1 aromatic carbocycles. The lowest BCUT2D eigenvalue weighted by Gasteiger charge is -2.23. The number of amides is 2. The van der Waals surface area contributed by atoms with Crippen LogP contribution < -0.4 is 10.6 Å². The smallest absolute Gasteiger partial charge is 0.409 e. The molecule has 0 spiro atoms. The van der Waals surface area contributed by atoms with Gasteiger partial charge in [-0.1, -0.05) is 37.0 Å². The van der Waals surface area contributed by atoms with Crippen molar-refractivity contribution in [3.63, 3.8) is 0 Å². The molecule has 8 nitrogen and oxygen atoms in total. The number of nitrogens with one attached hydrogen (secondary N) is 2. The molecular formula is C22H27Cl2N5O3. The maximum absolute atomic E-state index is 12.0. The number of rotatable bonds is 6. The standard InChI is InChI=1S/C22H27Cl2N5O3/c1-5-16-20(14-8-7-13(23)9-15(14)24)26-17(6-2)21(27-16)28-19-11-29(22(31)32-4)10-18(19)25-12(3)30/h7-9,18-19H,5-6,10-11H2,1-4H3,(H,25,30)(H,27,28). The molecule has 1 fully saturated rings. The molecular weight excluding hydrogens is 453 g/mol. The van der Waals surface area contributed by atoms with Gasteiger partial charge < -0.3 is 20.3 Å². The normalized spacial score (nSPS) is 17.9. The molecule has 2 N–H and O–H groups in total. The molecule has 1 saturated heterocycles. The Morgan fingerprint density at radius 3 is 2.41 bits per heavy atom. The molecule has 0 saturated carbocycles. The van der Waals surface area contributed by atoms with E-state index in [9.17, 15) is 9.59 Å². The molecule has 32 heavy (non-hydrogen) atoms. The van der Waals surface area contributed by atoms with E-state index >= 15 is 0 Å². The van der Waals surface area contributed by atoms with E-state index in [0.717, 1.165) is 22.6 Å². The van der Waals surface area contributed by atoms with Crippen LogP contribution in [-0.2, 0) is 22.4 Å². The Labute approximate surface area is 197 Å². The van der Waals surface area contributed by atoms with Crippen LogP contribution in [-0.4, -0.2) is 59.2 Å². The number of hydrogen-bond donors (Lipinski definition) is 2. The number of carbonyl (C=O) groups excluding carboxylic acids is 2. The minimum Gasteiger partial charge on any atom is -0.453 e. The lowest BCUT2D eigenvalue weighted by atomic mass is 10.1. The Morgan fingerprint density at radius 2 is 1.81 bits per heavy atom. The summed E-state index contributed by atoms with van der Waals surface area (Å²) in [6.45, 7) is 6.16. The molecule has 10 heteroatoms. The average molecular weight is 480 g/mol. The summed E-state index contributed by atoms with van der Waals surface area (Å²) in [5.74, 6) is 0.461. The van der Waals surface area contributed by atoms with Crippen molar-refractivity contribution in [2.24, 2.45) is 0 Å². The van der Waals surface area contributed by atoms with E-state index in [-0.39, 0.29) is 18.0 Å². The number of hydrogen-bond acceptors (Lipinski definition) is 6. The number of aryl methyl sites for hydroxylation is 2. The van der Waals surface area contributed by atoms with Crippen LogP contribution in [0.15, 0.2) is 18.2 Å². The lowest BCUT2D eigenvalue weighted by Crippen LogP contribution is -2.45. The first-order valence-corrected chi connectivity index (χ1v) is 11.2. The fourth-order valence-corrected chi connectivity index (χ4v) is 4.32. The van der Waals surface area contributed by atoms with E-state index in [4.69, 9.17) is 37.9 Å². The quantitative estimate of drug-likeness (QED) is 0.650. The van der Waals surface area contributed by atoms with Crippen molar-refractivity contribution in [1.29, 1.82) is 0 Å². The molecule has 1 aliphatic heterocycles. The first kappa shape index (κ1) is 24.1. The van der Waals surface area contributed by atoms with E-state index in [2.05, 4.69) is 10.6 Å². The molecule has 3 rings (SSSR count). The Bertz CT molecular complexity index is 1020. The van der Waals surface area contributed by atoms with Gasteiger partial charge in [-0.2, -0.15) is 0 Å². The topological polar surface area (TPSA) is 96.5 Å². The van der Waals surface area contributed by atoms with Gasteiger partial charge in [-0.25, -0.2) is 14.8 Å². The predicted molar refractivity (Wildman–Crippen MR) is 125 cm³/mol. The number of likely N-dealkylation sites (tertiary alicyclic amines) is 1. The summed E-state index contributed by atoms with van der Waals surface area (Å²) in [5.41, 5.74) is 3.04. The molecule has 0 aliphatic carbocycles. The summed E-state index contributed by atoms with van der Waals surface area (Å²) >= 11 is 12.5. The van der Waals surface area contributed by atoms with Crippen molar-refractivity contribution in [1.82, 2.24) is 20.2 Å². The minimum absolute atomic E-state index is 0.169. The molecule has 2 heterocycles. The molecule has 1 aliphatic rings. The number of carbonyl (C=O) groups is 2. The zero-order valence-corrected chi connectivity index (χ0v) is 20.0. The van der Waals surface area contributed by atoms with Crippen molar-refractivity contribution in [2.75, 3.05) is 25.5 Å². The number of benzene rings is 1. The third-order valence-corrected chi connectivity index (χ3v) is 5.91. The Balaban J connectivity index is 1.96. The van der Waals surface area contributed by atoms with Gasteiger partial charge in [-0.3, -0.25) is 4.79 Å². The number of nitrogens with zero attached hydrogens (tertiary/aromatic N) is 3. The van der Waals surface area contributed by atoms with Crippen LogP contribution in [0.5, 0.6) is 0 Å². The third-order valence-electron chi connectivity index (χ3n) is 5.36. The van der Waals surface area contributed by atoms with Gasteiger partial charge in [0.15, 0.2) is 0 Å². The minimum atomic E-state index is -0.437. The van der Waals surface area contributed by atoms with E-state index < -0.39 is 6.09 Å². The predicted octanol–water partition coefficient (Wildman–Crippen LogP) is 3.94. The van der Waals surface area contributed by atoms with Gasteiger partial charge in [0.25, 0.3) is 0 Å². The van der Waals surface area contributed by atoms with E-state index in [1.807, 2.05) is 19.9 Å². The zero-order chi connectivity index (χ0) is 23.4. The van der Waals surface area contributed by atoms with E-state index in [0.29, 0.717) is 41.8 Å². The molecule has 0 bridgehead atoms. The van der Waals surface area contributed by atoms with E-state index in [1.54, 1.807) is 17.0 Å². The van der Waals surface area contributed by atoms with Crippen molar-refractivity contribution in [3.05, 3.63) is 39.6 Å². The molecule has 2 atom stereocenters. The second-order valence-electron chi connectivity index (χ2n) is 7.58. The van der Waals surface area contributed by atoms with Gasteiger partial charge in [0.2, 0.25) is 5.91 Å². The first-order chi connectivity index (χ1) is 15.3. The molecule has 0 radical (unpaired) electrons. The van der Waals surface area contributed by atoms with Gasteiger partial charge in [-0.05, 0) is 31.0 Å². The van der Waals surface area contributed by atoms with Crippen LogP contribution >= 0.6 is 23.2 Å². The van der Waals surface area contributed by atoms with Crippen LogP contribution in [0.25, 0.3) is 11.3 Å². The summed E-state index contributed by atoms with van der Waals surface area (Å²) in [4.78, 5) is 35.0. The summed E-state index contributed by atoms with van der Waals surface area (Å²) < 4.78 is 4.85. The molecule has 2 unspecified atom stereocenters. The maximum atomic E-state index is 12.0. The highest BCUT2D eigenvalue weighted by molar-refractivity contribution is 6.36. The fourth-order valence-electron chi connectivity index (χ4n) is 3.82. The second-order valence-corrected chi connectivity index (χ2v) is 8.42. The molecule has 2 aromatic rings. The second kappa shape index (κ2) is 10.4. The van der Waals surface area contributed by atoms with Crippen LogP contribution in [0, 0.1) is 0 Å². The number of methoxy groups -OCH3 is 1. The Morgan fingerprint density at radius 1 is 1.12 bits per heavy atom. The number of halogens is 2. The Hall–Kier alpha value is -2.58. The van der Waals surface area contributed by atoms with Gasteiger partial charge in [0, 0.05) is 30.6 Å². The lowest BCUT2D eigenvalue weighted by molar-refractivity contribution is -0.119. The van der Waals surface area contributed by atoms with Crippen LogP contribution in [0.3, 0.4) is 0 Å². The Kier molecular flexibility index (Phi) is 7.79. The monoisotopic (exact) mass is 479 g/mol. The van der Waals surface area contributed by atoms with Gasteiger partial charge in [-0.15, -0.1) is 0 Å². The number of ether oxygens (including phenoxy) is 1. The summed E-state index contributed by atoms with van der Waals surface area (Å²) in [6.07, 6.45) is 0.845. The van der Waals surface area contributed by atoms with Crippen molar-refractivity contribution >= 4 is 41.0 Å². The molecule has 2 amide bonds. The summed E-state index contributed by atoms with van der Waals surface area (Å²) in [6, 6.07) is 4.79.